The number of aliphatic hydroxyl groups excluding tert-OH is 5. The largest absolute Gasteiger partial charge is 0.394 e. The van der Waals surface area contributed by atoms with Gasteiger partial charge in [0.25, 0.3) is 0 Å². The minimum Gasteiger partial charge on any atom is -0.394 e. The lowest BCUT2D eigenvalue weighted by molar-refractivity contribution is -0.302. The summed E-state index contributed by atoms with van der Waals surface area (Å²) in [5, 5.41) is 53.7. The fraction of sp³-hybridized carbons (Fsp3) is 0.875. The van der Waals surface area contributed by atoms with Crippen molar-refractivity contribution >= 4 is 5.91 Å². The first-order valence-corrected chi connectivity index (χ1v) is 27.7. The molecule has 1 saturated heterocycles. The highest BCUT2D eigenvalue weighted by atomic mass is 16.7. The highest BCUT2D eigenvalue weighted by Crippen LogP contribution is 2.23. The Balaban J connectivity index is 1.89. The maximum Gasteiger partial charge on any atom is 0.220 e. The van der Waals surface area contributed by atoms with Crippen molar-refractivity contribution in [2.24, 2.45) is 0 Å². The predicted octanol–water partition coefficient (Wildman–Crippen LogP) is 13.2. The third kappa shape index (κ3) is 36.1. The molecule has 0 aromatic carbocycles. The van der Waals surface area contributed by atoms with Gasteiger partial charge in [-0.05, 0) is 51.4 Å². The van der Waals surface area contributed by atoms with Crippen LogP contribution in [0.2, 0.25) is 0 Å². The van der Waals surface area contributed by atoms with E-state index < -0.39 is 49.5 Å². The van der Waals surface area contributed by atoms with Crippen LogP contribution in [0.15, 0.2) is 36.5 Å². The zero-order valence-electron chi connectivity index (χ0n) is 42.3. The fourth-order valence-electron chi connectivity index (χ4n) is 8.82. The Bertz CT molecular complexity index is 1110. The number of amides is 1. The first-order valence-electron chi connectivity index (χ1n) is 27.7. The molecule has 6 N–H and O–H groups in total. The molecule has 0 aromatic rings. The third-order valence-electron chi connectivity index (χ3n) is 13.2. The second-order valence-electron chi connectivity index (χ2n) is 19.4. The van der Waals surface area contributed by atoms with Gasteiger partial charge in [0.2, 0.25) is 5.91 Å². The van der Waals surface area contributed by atoms with Crippen molar-refractivity contribution in [2.75, 3.05) is 13.2 Å². The van der Waals surface area contributed by atoms with Gasteiger partial charge in [0, 0.05) is 6.42 Å². The van der Waals surface area contributed by atoms with Crippen molar-refractivity contribution in [3.63, 3.8) is 0 Å². The van der Waals surface area contributed by atoms with Gasteiger partial charge in [-0.2, -0.15) is 0 Å². The molecule has 0 saturated carbocycles. The SMILES string of the molecule is CCCCCCC/C=C\C/C=C\C/C=C\CCCCCCCCCCCCCCCCCCCCCCCCCCC(=O)NC(COC1OC(CO)C(O)C(O)C1O)C(O)CCCCC. The van der Waals surface area contributed by atoms with Gasteiger partial charge in [-0.3, -0.25) is 4.79 Å². The fourth-order valence-corrected chi connectivity index (χ4v) is 8.82. The standard InChI is InChI=1S/C56H105NO8/c1-3-5-7-8-9-10-11-12-13-14-15-16-17-18-19-20-21-22-23-24-25-26-27-28-29-30-31-32-33-34-35-36-37-38-39-40-41-42-44-46-52(60)57-49(50(59)45-43-6-4-2)48-64-56-55(63)54(62)53(61)51(47-58)65-56/h11-12,14-15,17-18,49-51,53-56,58-59,61-63H,3-10,13,16,19-48H2,1-2H3,(H,57,60)/b12-11-,15-14-,18-17-. The van der Waals surface area contributed by atoms with Crippen LogP contribution in [0.1, 0.15) is 258 Å². The number of nitrogens with one attached hydrogen (secondary N) is 1. The van der Waals surface area contributed by atoms with Crippen LogP contribution < -0.4 is 5.32 Å². The van der Waals surface area contributed by atoms with E-state index >= 15 is 0 Å². The van der Waals surface area contributed by atoms with E-state index in [1.54, 1.807) is 0 Å². The van der Waals surface area contributed by atoms with E-state index in [1.165, 1.54) is 180 Å². The third-order valence-corrected chi connectivity index (χ3v) is 13.2. The minimum absolute atomic E-state index is 0.140. The molecule has 7 unspecified atom stereocenters. The van der Waals surface area contributed by atoms with Crippen LogP contribution in [0, 0.1) is 0 Å². The Kier molecular flexibility index (Phi) is 43.6. The average Bonchev–Trinajstić information content (AvgIpc) is 3.30. The van der Waals surface area contributed by atoms with E-state index in [4.69, 9.17) is 9.47 Å². The summed E-state index contributed by atoms with van der Waals surface area (Å²) >= 11 is 0. The van der Waals surface area contributed by atoms with E-state index in [1.807, 2.05) is 0 Å². The van der Waals surface area contributed by atoms with Gasteiger partial charge in [0.05, 0.1) is 25.4 Å². The zero-order valence-corrected chi connectivity index (χ0v) is 42.3. The molecule has 1 aliphatic rings. The van der Waals surface area contributed by atoms with Gasteiger partial charge in [-0.25, -0.2) is 0 Å². The summed E-state index contributed by atoms with van der Waals surface area (Å²) in [5.41, 5.74) is 0. The maximum absolute atomic E-state index is 12.8. The topological polar surface area (TPSA) is 149 Å². The summed E-state index contributed by atoms with van der Waals surface area (Å²) in [4.78, 5) is 12.8. The molecule has 1 fully saturated rings. The lowest BCUT2D eigenvalue weighted by atomic mass is 9.99. The molecule has 7 atom stereocenters. The Morgan fingerprint density at radius 2 is 0.908 bits per heavy atom. The van der Waals surface area contributed by atoms with Crippen LogP contribution >= 0.6 is 0 Å². The number of unbranched alkanes of at least 4 members (excludes halogenated alkanes) is 31. The van der Waals surface area contributed by atoms with Gasteiger partial charge in [-0.1, -0.05) is 237 Å². The van der Waals surface area contributed by atoms with Crippen LogP contribution in [-0.4, -0.2) is 87.5 Å². The molecule has 9 heteroatoms. The van der Waals surface area contributed by atoms with E-state index in [0.717, 1.165) is 51.4 Å². The summed E-state index contributed by atoms with van der Waals surface area (Å²) in [6.07, 6.45) is 53.1. The molecule has 1 rings (SSSR count). The normalized spacial score (nSPS) is 20.1. The summed E-state index contributed by atoms with van der Waals surface area (Å²) in [6, 6.07) is -0.712. The lowest BCUT2D eigenvalue weighted by Crippen LogP contribution is -2.60. The number of carbonyl (C=O) groups excluding carboxylic acids is 1. The quantitative estimate of drug-likeness (QED) is 0.0261. The molecular weight excluding hydrogens is 815 g/mol. The van der Waals surface area contributed by atoms with Gasteiger partial charge in [0.15, 0.2) is 6.29 Å². The van der Waals surface area contributed by atoms with Crippen molar-refractivity contribution in [3.05, 3.63) is 36.5 Å². The van der Waals surface area contributed by atoms with Crippen molar-refractivity contribution in [3.8, 4) is 0 Å². The van der Waals surface area contributed by atoms with Crippen LogP contribution in [0.3, 0.4) is 0 Å². The van der Waals surface area contributed by atoms with E-state index in [0.29, 0.717) is 12.8 Å². The average molecular weight is 920 g/mol. The number of hydrogen-bond donors (Lipinski definition) is 6. The van der Waals surface area contributed by atoms with Crippen LogP contribution in [-0.2, 0) is 14.3 Å². The summed E-state index contributed by atoms with van der Waals surface area (Å²) in [6.45, 7) is 3.66. The van der Waals surface area contributed by atoms with E-state index in [2.05, 4.69) is 55.6 Å². The monoisotopic (exact) mass is 920 g/mol. The molecule has 1 amide bonds. The Morgan fingerprint density at radius 3 is 1.34 bits per heavy atom. The molecule has 9 nitrogen and oxygen atoms in total. The molecule has 65 heavy (non-hydrogen) atoms. The van der Waals surface area contributed by atoms with Gasteiger partial charge >= 0.3 is 0 Å². The lowest BCUT2D eigenvalue weighted by Gasteiger charge is -2.40. The molecule has 0 aliphatic carbocycles. The Hall–Kier alpha value is -1.59. The number of rotatable bonds is 47. The second-order valence-corrected chi connectivity index (χ2v) is 19.4. The van der Waals surface area contributed by atoms with Gasteiger partial charge < -0.3 is 40.3 Å². The molecular formula is C56H105NO8. The second kappa shape index (κ2) is 46.2. The number of aliphatic hydroxyl groups is 5. The maximum atomic E-state index is 12.8. The van der Waals surface area contributed by atoms with Crippen LogP contribution in [0.5, 0.6) is 0 Å². The smallest absolute Gasteiger partial charge is 0.220 e. The Morgan fingerprint density at radius 1 is 0.523 bits per heavy atom. The van der Waals surface area contributed by atoms with Gasteiger partial charge in [-0.15, -0.1) is 0 Å². The Labute approximate surface area is 400 Å². The summed E-state index contributed by atoms with van der Waals surface area (Å²) in [5.74, 6) is -0.153. The van der Waals surface area contributed by atoms with E-state index in [9.17, 15) is 30.3 Å². The minimum atomic E-state index is -1.55. The number of carbonyl (C=O) groups is 1. The van der Waals surface area contributed by atoms with Crippen molar-refractivity contribution < 1.29 is 39.8 Å². The number of hydrogen-bond acceptors (Lipinski definition) is 8. The zero-order chi connectivity index (χ0) is 47.3. The first-order chi connectivity index (χ1) is 31.8. The van der Waals surface area contributed by atoms with Gasteiger partial charge in [0.1, 0.15) is 24.4 Å². The van der Waals surface area contributed by atoms with Crippen molar-refractivity contribution in [2.45, 2.75) is 301 Å². The van der Waals surface area contributed by atoms with Crippen molar-refractivity contribution in [1.29, 1.82) is 0 Å². The highest BCUT2D eigenvalue weighted by molar-refractivity contribution is 5.76. The summed E-state index contributed by atoms with van der Waals surface area (Å²) < 4.78 is 11.1. The number of allylic oxidation sites excluding steroid dienone is 6. The number of ether oxygens (including phenoxy) is 2. The molecule has 1 heterocycles. The summed E-state index contributed by atoms with van der Waals surface area (Å²) in [7, 11) is 0. The first kappa shape index (κ1) is 61.4. The molecule has 0 aromatic heterocycles. The molecule has 382 valence electrons. The van der Waals surface area contributed by atoms with E-state index in [-0.39, 0.29) is 12.5 Å². The molecule has 1 aliphatic heterocycles. The highest BCUT2D eigenvalue weighted by Gasteiger charge is 2.44. The van der Waals surface area contributed by atoms with Crippen LogP contribution in [0.4, 0.5) is 0 Å². The van der Waals surface area contributed by atoms with Crippen molar-refractivity contribution in [1.82, 2.24) is 5.32 Å². The molecule has 0 spiro atoms. The predicted molar refractivity (Wildman–Crippen MR) is 272 cm³/mol. The molecule has 0 radical (unpaired) electrons. The van der Waals surface area contributed by atoms with Crippen LogP contribution in [0.25, 0.3) is 0 Å². The molecule has 0 bridgehead atoms.